The molecule has 1 aromatic carbocycles. The third-order valence-corrected chi connectivity index (χ3v) is 4.89. The summed E-state index contributed by atoms with van der Waals surface area (Å²) in [5.41, 5.74) is 11.9. The zero-order valence-electron chi connectivity index (χ0n) is 15.0. The topological polar surface area (TPSA) is 98.0 Å². The molecule has 0 radical (unpaired) electrons. The number of fused-ring (bicyclic) bond motifs is 3. The molecule has 0 atom stereocenters. The van der Waals surface area contributed by atoms with Crippen LogP contribution in [0.2, 0.25) is 0 Å². The molecule has 1 aliphatic rings. The van der Waals surface area contributed by atoms with E-state index in [2.05, 4.69) is 40.1 Å². The van der Waals surface area contributed by atoms with E-state index >= 15 is 0 Å². The highest BCUT2D eigenvalue weighted by atomic mass is 32.1. The van der Waals surface area contributed by atoms with E-state index in [9.17, 15) is 4.79 Å². The standard InChI is InChI=1S/C13H16N4O3.C6H4S/c1-19-10-5-8-3-4-15-12(16-17-13(14)18)7-9(8)6-11(10)20-2;1-2-6-4-3-5(1)7-6/h3-6H,7H2,1-2H3,(H,15,16)(H3,14,17,18);1-4H. The van der Waals surface area contributed by atoms with E-state index in [0.717, 1.165) is 11.1 Å². The predicted octanol–water partition coefficient (Wildman–Crippen LogP) is 3.14. The van der Waals surface area contributed by atoms with Gasteiger partial charge >= 0.3 is 6.03 Å². The van der Waals surface area contributed by atoms with E-state index in [1.54, 1.807) is 20.4 Å². The highest BCUT2D eigenvalue weighted by Crippen LogP contribution is 2.32. The quantitative estimate of drug-likeness (QED) is 0.591. The van der Waals surface area contributed by atoms with Crippen LogP contribution in [0.25, 0.3) is 15.5 Å². The largest absolute Gasteiger partial charge is 0.493 e. The molecule has 8 heteroatoms. The number of hydrogen-bond acceptors (Lipinski definition) is 6. The van der Waals surface area contributed by atoms with Gasteiger partial charge in [-0.1, -0.05) is 0 Å². The first-order valence-electron chi connectivity index (χ1n) is 8.16. The summed E-state index contributed by atoms with van der Waals surface area (Å²) in [5, 5.41) is 0. The fourth-order valence-electron chi connectivity index (χ4n) is 2.60. The Morgan fingerprint density at radius 3 is 2.26 bits per heavy atom. The van der Waals surface area contributed by atoms with E-state index < -0.39 is 6.03 Å². The number of nitrogens with zero attached hydrogens (tertiary/aromatic N) is 1. The number of thiophene rings is 2. The van der Waals surface area contributed by atoms with Crippen molar-refractivity contribution in [3.05, 3.63) is 53.7 Å². The number of hydrogen-bond donors (Lipinski definition) is 3. The second kappa shape index (κ2) is 8.41. The van der Waals surface area contributed by atoms with Crippen LogP contribution < -0.4 is 26.1 Å². The number of ether oxygens (including phenoxy) is 2. The van der Waals surface area contributed by atoms with Crippen molar-refractivity contribution in [1.29, 1.82) is 0 Å². The SMILES string of the molecule is COc1cc2c(cc1OC)CC(NNC(N)=O)=NC=C2.c1cc2ccc1s2. The second-order valence-electron chi connectivity index (χ2n) is 5.66. The zero-order valence-corrected chi connectivity index (χ0v) is 15.8. The number of nitrogens with two attached hydrogens (primary N) is 1. The number of carbonyl (C=O) groups excluding carboxylic acids is 1. The van der Waals surface area contributed by atoms with Crippen molar-refractivity contribution >= 4 is 38.7 Å². The second-order valence-corrected chi connectivity index (χ2v) is 6.81. The van der Waals surface area contributed by atoms with Crippen LogP contribution in [0.3, 0.4) is 0 Å². The third-order valence-electron chi connectivity index (χ3n) is 3.88. The minimum Gasteiger partial charge on any atom is -0.493 e. The van der Waals surface area contributed by atoms with Crippen LogP contribution in [0.5, 0.6) is 11.5 Å². The van der Waals surface area contributed by atoms with Crippen molar-refractivity contribution < 1.29 is 14.3 Å². The lowest BCUT2D eigenvalue weighted by molar-refractivity contribution is 0.247. The molecule has 0 fully saturated rings. The minimum absolute atomic E-state index is 0.503. The highest BCUT2D eigenvalue weighted by molar-refractivity contribution is 7.24. The molecule has 4 rings (SSSR count). The smallest absolute Gasteiger partial charge is 0.330 e. The number of hydrazine groups is 1. The Morgan fingerprint density at radius 1 is 1.11 bits per heavy atom. The normalized spacial score (nSPS) is 12.3. The van der Waals surface area contributed by atoms with Gasteiger partial charge in [-0.05, 0) is 53.6 Å². The molecule has 27 heavy (non-hydrogen) atoms. The Bertz CT molecular complexity index is 935. The van der Waals surface area contributed by atoms with Crippen LogP contribution in [0, 0.1) is 0 Å². The highest BCUT2D eigenvalue weighted by Gasteiger charge is 2.13. The molecule has 0 spiro atoms. The van der Waals surface area contributed by atoms with Gasteiger partial charge in [-0.2, -0.15) is 0 Å². The molecule has 7 nitrogen and oxygen atoms in total. The number of amides is 2. The van der Waals surface area contributed by atoms with Gasteiger partial charge in [0.05, 0.1) is 14.2 Å². The number of carbonyl (C=O) groups is 1. The first-order valence-corrected chi connectivity index (χ1v) is 8.98. The van der Waals surface area contributed by atoms with Gasteiger partial charge in [-0.15, -0.1) is 11.3 Å². The molecule has 1 aliphatic heterocycles. The molecule has 0 saturated heterocycles. The fourth-order valence-corrected chi connectivity index (χ4v) is 3.42. The average molecular weight is 384 g/mol. The number of aliphatic imine (C=N–C) groups is 1. The van der Waals surface area contributed by atoms with Crippen molar-refractivity contribution in [3.8, 4) is 11.5 Å². The number of nitrogens with one attached hydrogen (secondary N) is 2. The van der Waals surface area contributed by atoms with E-state index in [4.69, 9.17) is 15.2 Å². The van der Waals surface area contributed by atoms with Gasteiger partial charge in [-0.25, -0.2) is 9.79 Å². The van der Waals surface area contributed by atoms with E-state index in [-0.39, 0.29) is 0 Å². The van der Waals surface area contributed by atoms with Crippen molar-refractivity contribution in [2.75, 3.05) is 14.2 Å². The first kappa shape index (κ1) is 18.5. The lowest BCUT2D eigenvalue weighted by Crippen LogP contribution is -2.45. The minimum atomic E-state index is -0.673. The molecule has 4 N–H and O–H groups in total. The Kier molecular flexibility index (Phi) is 5.77. The molecular weight excluding hydrogens is 364 g/mol. The number of urea groups is 1. The number of amidine groups is 1. The van der Waals surface area contributed by atoms with Crippen LogP contribution in [-0.4, -0.2) is 26.1 Å². The summed E-state index contributed by atoms with van der Waals surface area (Å²) < 4.78 is 13.3. The number of methoxy groups -OCH3 is 2. The van der Waals surface area contributed by atoms with Crippen LogP contribution in [0.4, 0.5) is 4.79 Å². The van der Waals surface area contributed by atoms with Crippen LogP contribution in [-0.2, 0) is 6.42 Å². The van der Waals surface area contributed by atoms with Crippen LogP contribution in [0.1, 0.15) is 11.1 Å². The number of benzene rings is 2. The molecule has 2 bridgehead atoms. The Hall–Kier alpha value is -3.26. The van der Waals surface area contributed by atoms with Crippen molar-refractivity contribution in [2.24, 2.45) is 10.7 Å². The maximum atomic E-state index is 10.7. The van der Waals surface area contributed by atoms with Crippen molar-refractivity contribution in [2.45, 2.75) is 6.42 Å². The summed E-state index contributed by atoms with van der Waals surface area (Å²) in [4.78, 5) is 14.9. The lowest BCUT2D eigenvalue weighted by atomic mass is 10.0. The van der Waals surface area contributed by atoms with Crippen molar-refractivity contribution in [3.63, 3.8) is 0 Å². The Balaban J connectivity index is 0.000000246. The van der Waals surface area contributed by atoms with Gasteiger partial charge in [0.25, 0.3) is 0 Å². The molecule has 0 saturated carbocycles. The van der Waals surface area contributed by atoms with Gasteiger partial charge in [0.15, 0.2) is 11.5 Å². The molecule has 3 heterocycles. The number of rotatable bonds is 2. The van der Waals surface area contributed by atoms with E-state index in [1.807, 2.05) is 29.5 Å². The maximum Gasteiger partial charge on any atom is 0.330 e. The van der Waals surface area contributed by atoms with E-state index in [0.29, 0.717) is 23.8 Å². The number of primary amides is 1. The van der Waals surface area contributed by atoms with Crippen LogP contribution in [0.15, 0.2) is 47.6 Å². The van der Waals surface area contributed by atoms with Gasteiger partial charge in [0.1, 0.15) is 5.84 Å². The van der Waals surface area contributed by atoms with Crippen LogP contribution >= 0.6 is 11.3 Å². The summed E-state index contributed by atoms with van der Waals surface area (Å²) in [6.45, 7) is 0. The monoisotopic (exact) mass is 384 g/mol. The van der Waals surface area contributed by atoms with Gasteiger partial charge in [0.2, 0.25) is 0 Å². The predicted molar refractivity (Wildman–Crippen MR) is 109 cm³/mol. The van der Waals surface area contributed by atoms with Gasteiger partial charge < -0.3 is 15.2 Å². The Labute approximate surface area is 160 Å². The molecule has 0 aliphatic carbocycles. The summed E-state index contributed by atoms with van der Waals surface area (Å²) in [7, 11) is 3.17. The first-order chi connectivity index (χ1) is 13.1. The molecule has 0 unspecified atom stereocenters. The van der Waals surface area contributed by atoms with Gasteiger partial charge in [0, 0.05) is 22.0 Å². The summed E-state index contributed by atoms with van der Waals surface area (Å²) in [5.74, 6) is 1.87. The lowest BCUT2D eigenvalue weighted by Gasteiger charge is -2.13. The molecular formula is C19H20N4O3S. The molecule has 2 aromatic heterocycles. The van der Waals surface area contributed by atoms with E-state index in [1.165, 1.54) is 9.40 Å². The van der Waals surface area contributed by atoms with Crippen molar-refractivity contribution in [1.82, 2.24) is 10.9 Å². The van der Waals surface area contributed by atoms with Gasteiger partial charge in [-0.3, -0.25) is 10.9 Å². The fraction of sp³-hybridized carbons (Fsp3) is 0.158. The average Bonchev–Trinajstić information content (AvgIpc) is 3.27. The Morgan fingerprint density at radius 2 is 1.74 bits per heavy atom. The molecule has 140 valence electrons. The summed E-state index contributed by atoms with van der Waals surface area (Å²) in [6, 6.07) is 11.6. The third kappa shape index (κ3) is 4.68. The summed E-state index contributed by atoms with van der Waals surface area (Å²) in [6.07, 6.45) is 4.00. The molecule has 2 amide bonds. The molecule has 3 aromatic rings. The summed E-state index contributed by atoms with van der Waals surface area (Å²) >= 11 is 1.84. The maximum absolute atomic E-state index is 10.7. The zero-order chi connectivity index (χ0) is 19.2.